The average molecular weight is 311 g/mol. The lowest BCUT2D eigenvalue weighted by Crippen LogP contribution is -2.45. The summed E-state index contributed by atoms with van der Waals surface area (Å²) in [7, 11) is 0. The molecule has 1 aliphatic rings. The lowest BCUT2D eigenvalue weighted by Gasteiger charge is -2.14. The van der Waals surface area contributed by atoms with Crippen molar-refractivity contribution < 1.29 is 9.59 Å². The van der Waals surface area contributed by atoms with Crippen LogP contribution in [0.5, 0.6) is 0 Å². The third-order valence-electron chi connectivity index (χ3n) is 3.08. The maximum Gasteiger partial charge on any atom is 0.252 e. The van der Waals surface area contributed by atoms with Crippen LogP contribution in [-0.2, 0) is 4.79 Å². The van der Waals surface area contributed by atoms with Crippen molar-refractivity contribution in [1.29, 1.82) is 0 Å². The van der Waals surface area contributed by atoms with Crippen LogP contribution in [0.1, 0.15) is 37.0 Å². The number of amides is 2. The molecule has 6 nitrogen and oxygen atoms in total. The zero-order valence-electron chi connectivity index (χ0n) is 12.1. The number of nitrogens with zero attached hydrogens (tertiary/aromatic N) is 1. The first-order valence-corrected chi connectivity index (χ1v) is 7.40. The summed E-state index contributed by atoms with van der Waals surface area (Å²) < 4.78 is 0. The van der Waals surface area contributed by atoms with Crippen LogP contribution >= 0.6 is 11.6 Å². The van der Waals surface area contributed by atoms with Gasteiger partial charge in [0.2, 0.25) is 5.91 Å². The highest BCUT2D eigenvalue weighted by atomic mass is 35.5. The topological polar surface area (TPSA) is 83.1 Å². The number of carbonyl (C=O) groups is 2. The fourth-order valence-electron chi connectivity index (χ4n) is 1.80. The molecule has 1 aromatic heterocycles. The monoisotopic (exact) mass is 310 g/mol. The summed E-state index contributed by atoms with van der Waals surface area (Å²) in [5.41, 5.74) is 0.372. The van der Waals surface area contributed by atoms with Gasteiger partial charge in [0.1, 0.15) is 17.0 Å². The molecule has 1 heterocycles. The van der Waals surface area contributed by atoms with E-state index in [4.69, 9.17) is 11.6 Å². The highest BCUT2D eigenvalue weighted by molar-refractivity contribution is 6.29. The van der Waals surface area contributed by atoms with Crippen molar-refractivity contribution in [2.24, 2.45) is 0 Å². The molecule has 114 valence electrons. The molecule has 7 heteroatoms. The summed E-state index contributed by atoms with van der Waals surface area (Å²) >= 11 is 5.90. The zero-order chi connectivity index (χ0) is 15.4. The minimum atomic E-state index is -0.590. The predicted octanol–water partition coefficient (Wildman–Crippen LogP) is 1.56. The largest absolute Gasteiger partial charge is 0.370 e. The molecule has 0 spiro atoms. The van der Waals surface area contributed by atoms with Crippen LogP contribution in [0.15, 0.2) is 12.1 Å². The quantitative estimate of drug-likeness (QED) is 0.696. The van der Waals surface area contributed by atoms with E-state index in [2.05, 4.69) is 20.9 Å². The molecular weight excluding hydrogens is 292 g/mol. The van der Waals surface area contributed by atoms with Crippen LogP contribution in [0, 0.1) is 0 Å². The van der Waals surface area contributed by atoms with E-state index in [1.807, 2.05) is 6.92 Å². The number of hydrogen-bond acceptors (Lipinski definition) is 4. The Hall–Kier alpha value is -1.82. The molecule has 2 rings (SSSR count). The van der Waals surface area contributed by atoms with E-state index in [1.54, 1.807) is 13.0 Å². The first-order chi connectivity index (χ1) is 9.99. The molecule has 0 radical (unpaired) electrons. The standard InChI is InChI=1S/C14H19ClN4O2/c1-3-16-12-7-9(6-11(15)19-12)14(21)17-8(2)13(20)18-10-4-5-10/h6-8,10H,3-5H2,1-2H3,(H,16,19)(H,17,21)(H,18,20). The molecule has 1 aromatic rings. The van der Waals surface area contributed by atoms with E-state index in [9.17, 15) is 9.59 Å². The Morgan fingerprint density at radius 1 is 1.43 bits per heavy atom. The molecule has 0 aromatic carbocycles. The minimum Gasteiger partial charge on any atom is -0.370 e. The smallest absolute Gasteiger partial charge is 0.252 e. The Morgan fingerprint density at radius 2 is 2.14 bits per heavy atom. The van der Waals surface area contributed by atoms with Crippen molar-refractivity contribution in [3.05, 3.63) is 22.8 Å². The van der Waals surface area contributed by atoms with Crippen LogP contribution in [0.4, 0.5) is 5.82 Å². The van der Waals surface area contributed by atoms with Gasteiger partial charge in [0.25, 0.3) is 5.91 Å². The molecule has 0 saturated heterocycles. The average Bonchev–Trinajstić information content (AvgIpc) is 3.22. The van der Waals surface area contributed by atoms with Gasteiger partial charge in [0, 0.05) is 18.2 Å². The highest BCUT2D eigenvalue weighted by Gasteiger charge is 2.26. The number of hydrogen-bond donors (Lipinski definition) is 3. The van der Waals surface area contributed by atoms with Gasteiger partial charge in [-0.2, -0.15) is 0 Å². The molecule has 0 bridgehead atoms. The molecule has 1 saturated carbocycles. The van der Waals surface area contributed by atoms with Gasteiger partial charge in [0.05, 0.1) is 0 Å². The maximum atomic E-state index is 12.2. The van der Waals surface area contributed by atoms with E-state index in [1.165, 1.54) is 6.07 Å². The third kappa shape index (κ3) is 4.60. The molecule has 1 fully saturated rings. The Balaban J connectivity index is 1.99. The van der Waals surface area contributed by atoms with Gasteiger partial charge in [-0.15, -0.1) is 0 Å². The van der Waals surface area contributed by atoms with Crippen molar-refractivity contribution >= 4 is 29.2 Å². The molecule has 1 atom stereocenters. The number of nitrogens with one attached hydrogen (secondary N) is 3. The van der Waals surface area contributed by atoms with Crippen molar-refractivity contribution in [3.63, 3.8) is 0 Å². The van der Waals surface area contributed by atoms with Crippen LogP contribution in [0.3, 0.4) is 0 Å². The van der Waals surface area contributed by atoms with Crippen LogP contribution in [-0.4, -0.2) is 35.4 Å². The van der Waals surface area contributed by atoms with Gasteiger partial charge in [0.15, 0.2) is 0 Å². The lowest BCUT2D eigenvalue weighted by atomic mass is 10.2. The molecule has 1 unspecified atom stereocenters. The summed E-state index contributed by atoms with van der Waals surface area (Å²) in [5, 5.41) is 8.74. The number of anilines is 1. The first-order valence-electron chi connectivity index (χ1n) is 7.02. The first kappa shape index (κ1) is 15.6. The predicted molar refractivity (Wildman–Crippen MR) is 81.5 cm³/mol. The summed E-state index contributed by atoms with van der Waals surface area (Å²) in [6, 6.07) is 2.76. The molecule has 21 heavy (non-hydrogen) atoms. The summed E-state index contributed by atoms with van der Waals surface area (Å²) in [5.74, 6) is 0.0139. The second kappa shape index (κ2) is 6.76. The molecule has 0 aliphatic heterocycles. The SMILES string of the molecule is CCNc1cc(C(=O)NC(C)C(=O)NC2CC2)cc(Cl)n1. The lowest BCUT2D eigenvalue weighted by molar-refractivity contribution is -0.122. The van der Waals surface area contributed by atoms with E-state index in [-0.39, 0.29) is 23.0 Å². The normalized spacial score (nSPS) is 15.2. The van der Waals surface area contributed by atoms with Crippen molar-refractivity contribution in [2.45, 2.75) is 38.8 Å². The van der Waals surface area contributed by atoms with Gasteiger partial charge in [-0.05, 0) is 38.8 Å². The van der Waals surface area contributed by atoms with E-state index in [0.717, 1.165) is 12.8 Å². The fourth-order valence-corrected chi connectivity index (χ4v) is 2.01. The molecule has 2 amide bonds. The van der Waals surface area contributed by atoms with Crippen LogP contribution < -0.4 is 16.0 Å². The van der Waals surface area contributed by atoms with E-state index >= 15 is 0 Å². The number of aromatic nitrogens is 1. The van der Waals surface area contributed by atoms with Crippen molar-refractivity contribution in [1.82, 2.24) is 15.6 Å². The third-order valence-corrected chi connectivity index (χ3v) is 3.27. The van der Waals surface area contributed by atoms with Gasteiger partial charge >= 0.3 is 0 Å². The Kier molecular flexibility index (Phi) is 5.01. The fraction of sp³-hybridized carbons (Fsp3) is 0.500. The second-order valence-corrected chi connectivity index (χ2v) is 5.46. The van der Waals surface area contributed by atoms with Gasteiger partial charge in [-0.25, -0.2) is 4.98 Å². The number of carbonyl (C=O) groups excluding carboxylic acids is 2. The van der Waals surface area contributed by atoms with E-state index in [0.29, 0.717) is 17.9 Å². The van der Waals surface area contributed by atoms with E-state index < -0.39 is 6.04 Å². The molecular formula is C14H19ClN4O2. The van der Waals surface area contributed by atoms with Gasteiger partial charge in [-0.1, -0.05) is 11.6 Å². The maximum absolute atomic E-state index is 12.2. The highest BCUT2D eigenvalue weighted by Crippen LogP contribution is 2.18. The molecule has 3 N–H and O–H groups in total. The van der Waals surface area contributed by atoms with Crippen LogP contribution in [0.2, 0.25) is 5.15 Å². The number of rotatable bonds is 6. The number of pyridine rings is 1. The molecule has 1 aliphatic carbocycles. The summed E-state index contributed by atoms with van der Waals surface area (Å²) in [4.78, 5) is 28.0. The summed E-state index contributed by atoms with van der Waals surface area (Å²) in [6.45, 7) is 4.25. The van der Waals surface area contributed by atoms with Crippen LogP contribution in [0.25, 0.3) is 0 Å². The van der Waals surface area contributed by atoms with Crippen molar-refractivity contribution in [3.8, 4) is 0 Å². The Morgan fingerprint density at radius 3 is 2.76 bits per heavy atom. The van der Waals surface area contributed by atoms with Gasteiger partial charge < -0.3 is 16.0 Å². The van der Waals surface area contributed by atoms with Gasteiger partial charge in [-0.3, -0.25) is 9.59 Å². The zero-order valence-corrected chi connectivity index (χ0v) is 12.8. The second-order valence-electron chi connectivity index (χ2n) is 5.07. The Bertz CT molecular complexity index is 546. The Labute approximate surface area is 128 Å². The minimum absolute atomic E-state index is 0.169. The summed E-state index contributed by atoms with van der Waals surface area (Å²) in [6.07, 6.45) is 2.02. The number of halogens is 1. The van der Waals surface area contributed by atoms with Crippen molar-refractivity contribution in [2.75, 3.05) is 11.9 Å².